The lowest BCUT2D eigenvalue weighted by Crippen LogP contribution is -1.97. The van der Waals surface area contributed by atoms with Gasteiger partial charge < -0.3 is 5.11 Å². The first-order chi connectivity index (χ1) is 10.1. The molecule has 0 saturated heterocycles. The second-order valence-corrected chi connectivity index (χ2v) is 6.13. The van der Waals surface area contributed by atoms with Gasteiger partial charge in [0.05, 0.1) is 11.1 Å². The van der Waals surface area contributed by atoms with Crippen LogP contribution in [0, 0.1) is 0 Å². The van der Waals surface area contributed by atoms with E-state index in [9.17, 15) is 4.79 Å². The molecule has 0 saturated carbocycles. The summed E-state index contributed by atoms with van der Waals surface area (Å²) < 4.78 is 0.990. The lowest BCUT2D eigenvalue weighted by Gasteiger charge is -2.06. The molecule has 1 heterocycles. The molecule has 0 aliphatic rings. The summed E-state index contributed by atoms with van der Waals surface area (Å²) in [6.45, 7) is 0. The van der Waals surface area contributed by atoms with Crippen molar-refractivity contribution < 1.29 is 9.90 Å². The molecule has 0 aliphatic heterocycles. The zero-order valence-electron chi connectivity index (χ0n) is 10.7. The monoisotopic (exact) mass is 360 g/mol. The third-order valence-electron chi connectivity index (χ3n) is 2.89. The SMILES string of the molecule is O=C(O)c1ccc2c(Sc3ccccc3Br)ncnc2c1. The fourth-order valence-corrected chi connectivity index (χ4v) is 3.31. The predicted octanol–water partition coefficient (Wildman–Crippen LogP) is 4.24. The Hall–Kier alpha value is -1.92. The van der Waals surface area contributed by atoms with Crippen molar-refractivity contribution in [3.63, 3.8) is 0 Å². The van der Waals surface area contributed by atoms with Gasteiger partial charge in [-0.2, -0.15) is 0 Å². The number of aromatic carboxylic acids is 1. The molecule has 0 bridgehead atoms. The van der Waals surface area contributed by atoms with E-state index in [1.165, 1.54) is 18.1 Å². The van der Waals surface area contributed by atoms with Crippen LogP contribution in [-0.2, 0) is 0 Å². The first-order valence-electron chi connectivity index (χ1n) is 6.05. The van der Waals surface area contributed by atoms with Gasteiger partial charge in [0.25, 0.3) is 0 Å². The summed E-state index contributed by atoms with van der Waals surface area (Å²) in [6, 6.07) is 12.7. The number of hydrogen-bond acceptors (Lipinski definition) is 4. The average Bonchev–Trinajstić information content (AvgIpc) is 2.49. The van der Waals surface area contributed by atoms with Gasteiger partial charge in [-0.25, -0.2) is 14.8 Å². The maximum absolute atomic E-state index is 11.0. The number of rotatable bonds is 3. The quantitative estimate of drug-likeness (QED) is 0.707. The number of hydrogen-bond donors (Lipinski definition) is 1. The minimum absolute atomic E-state index is 0.220. The first kappa shape index (κ1) is 14.0. The van der Waals surface area contributed by atoms with Crippen LogP contribution in [-0.4, -0.2) is 21.0 Å². The van der Waals surface area contributed by atoms with E-state index >= 15 is 0 Å². The highest BCUT2D eigenvalue weighted by Crippen LogP contribution is 2.35. The summed E-state index contributed by atoms with van der Waals surface area (Å²) >= 11 is 5.02. The van der Waals surface area contributed by atoms with Crippen LogP contribution in [0.4, 0.5) is 0 Å². The molecule has 6 heteroatoms. The molecule has 0 aliphatic carbocycles. The molecule has 2 aromatic carbocycles. The van der Waals surface area contributed by atoms with E-state index in [2.05, 4.69) is 25.9 Å². The van der Waals surface area contributed by atoms with Crippen LogP contribution >= 0.6 is 27.7 Å². The Morgan fingerprint density at radius 1 is 1.14 bits per heavy atom. The minimum Gasteiger partial charge on any atom is -0.478 e. The van der Waals surface area contributed by atoms with Crippen molar-refractivity contribution in [1.29, 1.82) is 0 Å². The Balaban J connectivity index is 2.07. The van der Waals surface area contributed by atoms with E-state index in [0.29, 0.717) is 5.52 Å². The predicted molar refractivity (Wildman–Crippen MR) is 84.8 cm³/mol. The Morgan fingerprint density at radius 3 is 2.71 bits per heavy atom. The van der Waals surface area contributed by atoms with Gasteiger partial charge in [-0.05, 0) is 46.3 Å². The molecule has 21 heavy (non-hydrogen) atoms. The van der Waals surface area contributed by atoms with Gasteiger partial charge in [0.15, 0.2) is 0 Å². The molecule has 4 nitrogen and oxygen atoms in total. The first-order valence-corrected chi connectivity index (χ1v) is 7.66. The highest BCUT2D eigenvalue weighted by Gasteiger charge is 2.10. The Kier molecular flexibility index (Phi) is 3.90. The number of nitrogens with zero attached hydrogens (tertiary/aromatic N) is 2. The maximum atomic E-state index is 11.0. The van der Waals surface area contributed by atoms with Gasteiger partial charge in [-0.3, -0.25) is 0 Å². The van der Waals surface area contributed by atoms with Crippen molar-refractivity contribution in [3.05, 3.63) is 58.8 Å². The van der Waals surface area contributed by atoms with Crippen LogP contribution in [0.25, 0.3) is 10.9 Å². The summed E-state index contributed by atoms with van der Waals surface area (Å²) in [4.78, 5) is 20.5. The zero-order valence-corrected chi connectivity index (χ0v) is 13.1. The van der Waals surface area contributed by atoms with E-state index in [1.54, 1.807) is 18.2 Å². The number of aromatic nitrogens is 2. The Labute approximate surface area is 133 Å². The van der Waals surface area contributed by atoms with E-state index in [-0.39, 0.29) is 5.56 Å². The highest BCUT2D eigenvalue weighted by atomic mass is 79.9. The van der Waals surface area contributed by atoms with Crippen molar-refractivity contribution in [3.8, 4) is 0 Å². The average molecular weight is 361 g/mol. The number of carboxylic acid groups (broad SMARTS) is 1. The number of halogens is 1. The smallest absolute Gasteiger partial charge is 0.335 e. The number of carbonyl (C=O) groups is 1. The highest BCUT2D eigenvalue weighted by molar-refractivity contribution is 9.10. The summed E-state index contributed by atoms with van der Waals surface area (Å²) in [5.74, 6) is -0.962. The van der Waals surface area contributed by atoms with Gasteiger partial charge in [-0.15, -0.1) is 0 Å². The standard InChI is InChI=1S/C15H9BrN2O2S/c16-11-3-1-2-4-13(11)21-14-10-6-5-9(15(19)20)7-12(10)17-8-18-14/h1-8H,(H,19,20). The topological polar surface area (TPSA) is 63.1 Å². The second-order valence-electron chi connectivity index (χ2n) is 4.25. The second kappa shape index (κ2) is 5.83. The van der Waals surface area contributed by atoms with Crippen LogP contribution in [0.1, 0.15) is 10.4 Å². The van der Waals surface area contributed by atoms with Gasteiger partial charge in [0.2, 0.25) is 0 Å². The molecule has 0 atom stereocenters. The van der Waals surface area contributed by atoms with Gasteiger partial charge in [0, 0.05) is 14.8 Å². The third kappa shape index (κ3) is 2.91. The van der Waals surface area contributed by atoms with Gasteiger partial charge >= 0.3 is 5.97 Å². The minimum atomic E-state index is -0.962. The Bertz CT molecular complexity index is 839. The third-order valence-corrected chi connectivity index (χ3v) is 4.94. The van der Waals surface area contributed by atoms with Crippen molar-refractivity contribution in [2.45, 2.75) is 9.92 Å². The van der Waals surface area contributed by atoms with E-state index in [0.717, 1.165) is 19.8 Å². The van der Waals surface area contributed by atoms with E-state index in [1.807, 2.05) is 24.3 Å². The van der Waals surface area contributed by atoms with Crippen LogP contribution in [0.15, 0.2) is 63.2 Å². The van der Waals surface area contributed by atoms with Crippen molar-refractivity contribution in [2.24, 2.45) is 0 Å². The Morgan fingerprint density at radius 2 is 1.95 bits per heavy atom. The lowest BCUT2D eigenvalue weighted by atomic mass is 10.1. The molecular weight excluding hydrogens is 352 g/mol. The summed E-state index contributed by atoms with van der Waals surface area (Å²) in [5, 5.41) is 10.7. The zero-order chi connectivity index (χ0) is 14.8. The molecule has 0 radical (unpaired) electrons. The van der Waals surface area contributed by atoms with Crippen LogP contribution in [0.5, 0.6) is 0 Å². The summed E-state index contributed by atoms with van der Waals surface area (Å²) in [7, 11) is 0. The molecule has 1 N–H and O–H groups in total. The van der Waals surface area contributed by atoms with Crippen LogP contribution in [0.3, 0.4) is 0 Å². The van der Waals surface area contributed by atoms with Crippen LogP contribution < -0.4 is 0 Å². The van der Waals surface area contributed by atoms with Crippen molar-refractivity contribution in [1.82, 2.24) is 9.97 Å². The molecule has 3 rings (SSSR count). The number of carboxylic acids is 1. The lowest BCUT2D eigenvalue weighted by molar-refractivity contribution is 0.0697. The molecule has 104 valence electrons. The van der Waals surface area contributed by atoms with Crippen LogP contribution in [0.2, 0.25) is 0 Å². The summed E-state index contributed by atoms with van der Waals surface area (Å²) in [6.07, 6.45) is 1.45. The number of benzene rings is 2. The van der Waals surface area contributed by atoms with E-state index < -0.39 is 5.97 Å². The summed E-state index contributed by atoms with van der Waals surface area (Å²) in [5.41, 5.74) is 0.845. The molecule has 0 unspecified atom stereocenters. The maximum Gasteiger partial charge on any atom is 0.335 e. The largest absolute Gasteiger partial charge is 0.478 e. The molecule has 0 spiro atoms. The molecule has 0 fully saturated rings. The molecular formula is C15H9BrN2O2S. The fourth-order valence-electron chi connectivity index (χ4n) is 1.88. The number of fused-ring (bicyclic) bond motifs is 1. The van der Waals surface area contributed by atoms with Crippen molar-refractivity contribution >= 4 is 44.6 Å². The van der Waals surface area contributed by atoms with Gasteiger partial charge in [0.1, 0.15) is 11.4 Å². The van der Waals surface area contributed by atoms with Gasteiger partial charge in [-0.1, -0.05) is 23.9 Å². The fraction of sp³-hybridized carbons (Fsp3) is 0. The molecule has 0 amide bonds. The molecule has 1 aromatic heterocycles. The van der Waals surface area contributed by atoms with E-state index in [4.69, 9.17) is 5.11 Å². The van der Waals surface area contributed by atoms with Crippen molar-refractivity contribution in [2.75, 3.05) is 0 Å². The normalized spacial score (nSPS) is 10.7. The molecule has 3 aromatic rings.